The average Bonchev–Trinajstić information content (AvgIpc) is 2.04. The van der Waals surface area contributed by atoms with Crippen LogP contribution in [-0.2, 0) is 4.74 Å². The Balaban J connectivity index is 2.04. The zero-order valence-corrected chi connectivity index (χ0v) is 6.68. The normalized spacial score (nSPS) is 24.5. The molecule has 0 aromatic rings. The van der Waals surface area contributed by atoms with Gasteiger partial charge in [-0.2, -0.15) is 0 Å². The largest absolute Gasteiger partial charge is 0.396 e. The van der Waals surface area contributed by atoms with E-state index in [1.165, 1.54) is 0 Å². The predicted octanol–water partition coefficient (Wildman–Crippen LogP) is 0.137. The predicted molar refractivity (Wildman–Crippen MR) is 43.5 cm³/mol. The van der Waals surface area contributed by atoms with Crippen molar-refractivity contribution >= 4 is 0 Å². The third-order valence-corrected chi connectivity index (χ3v) is 1.85. The van der Waals surface area contributed by atoms with Crippen LogP contribution in [0, 0.1) is 0 Å². The summed E-state index contributed by atoms with van der Waals surface area (Å²) in [7, 11) is 0. The van der Waals surface area contributed by atoms with Gasteiger partial charge in [0.25, 0.3) is 0 Å². The van der Waals surface area contributed by atoms with E-state index in [0.29, 0.717) is 6.61 Å². The highest BCUT2D eigenvalue weighted by Gasteiger charge is 2.11. The molecule has 0 saturated carbocycles. The number of hydrogen-bond acceptors (Lipinski definition) is 3. The summed E-state index contributed by atoms with van der Waals surface area (Å²) >= 11 is 0. The standard InChI is InChI=1S/C8H17NO2/c10-6-1-7-11-8-2-4-9-5-3-8/h8-10H,1-7H2/i6D2. The van der Waals surface area contributed by atoms with Crippen LogP contribution < -0.4 is 5.32 Å². The number of piperidine rings is 1. The summed E-state index contributed by atoms with van der Waals surface area (Å²) in [5.41, 5.74) is 0. The molecule has 1 aliphatic rings. The summed E-state index contributed by atoms with van der Waals surface area (Å²) < 4.78 is 19.2. The smallest absolute Gasteiger partial charge is 0.0599 e. The molecule has 3 nitrogen and oxygen atoms in total. The van der Waals surface area contributed by atoms with Crippen LogP contribution in [0.1, 0.15) is 22.0 Å². The van der Waals surface area contributed by atoms with Gasteiger partial charge in [0.05, 0.1) is 8.85 Å². The molecule has 2 N–H and O–H groups in total. The number of nitrogens with one attached hydrogen (secondary N) is 1. The van der Waals surface area contributed by atoms with E-state index in [0.717, 1.165) is 25.9 Å². The van der Waals surface area contributed by atoms with Crippen LogP contribution in [0.25, 0.3) is 0 Å². The van der Waals surface area contributed by atoms with Gasteiger partial charge in [-0.1, -0.05) is 0 Å². The fourth-order valence-corrected chi connectivity index (χ4v) is 1.23. The molecule has 11 heavy (non-hydrogen) atoms. The fourth-order valence-electron chi connectivity index (χ4n) is 1.23. The van der Waals surface area contributed by atoms with Crippen molar-refractivity contribution in [2.45, 2.75) is 25.4 Å². The Morgan fingerprint density at radius 1 is 1.55 bits per heavy atom. The Hall–Kier alpha value is -0.120. The van der Waals surface area contributed by atoms with Crippen LogP contribution in [0.3, 0.4) is 0 Å². The maximum atomic E-state index is 8.79. The topological polar surface area (TPSA) is 41.5 Å². The number of rotatable bonds is 4. The van der Waals surface area contributed by atoms with Crippen LogP contribution in [0.15, 0.2) is 0 Å². The lowest BCUT2D eigenvalue weighted by Crippen LogP contribution is -2.32. The summed E-state index contributed by atoms with van der Waals surface area (Å²) in [6.45, 7) is 0.147. The third-order valence-electron chi connectivity index (χ3n) is 1.85. The minimum absolute atomic E-state index is 0.0525. The van der Waals surface area contributed by atoms with Gasteiger partial charge in [0.2, 0.25) is 0 Å². The number of hydrogen-bond donors (Lipinski definition) is 2. The maximum absolute atomic E-state index is 8.79. The summed E-state index contributed by atoms with van der Waals surface area (Å²) in [6, 6.07) is 0. The zero-order valence-electron chi connectivity index (χ0n) is 8.68. The molecular formula is C8H17NO2. The summed E-state index contributed by atoms with van der Waals surface area (Å²) in [4.78, 5) is 0. The van der Waals surface area contributed by atoms with Gasteiger partial charge in [-0.25, -0.2) is 0 Å². The molecule has 3 heteroatoms. The van der Waals surface area contributed by atoms with Gasteiger partial charge in [0.1, 0.15) is 0 Å². The van der Waals surface area contributed by atoms with Crippen molar-refractivity contribution in [3.05, 3.63) is 0 Å². The van der Waals surface area contributed by atoms with E-state index in [1.54, 1.807) is 0 Å². The van der Waals surface area contributed by atoms with E-state index in [-0.39, 0.29) is 12.5 Å². The van der Waals surface area contributed by atoms with Crippen molar-refractivity contribution in [3.8, 4) is 0 Å². The van der Waals surface area contributed by atoms with Gasteiger partial charge in [-0.3, -0.25) is 0 Å². The van der Waals surface area contributed by atoms with E-state index in [2.05, 4.69) is 5.32 Å². The minimum atomic E-state index is -2.09. The molecule has 0 amide bonds. The van der Waals surface area contributed by atoms with Crippen molar-refractivity contribution in [1.29, 1.82) is 0 Å². The van der Waals surface area contributed by atoms with Crippen molar-refractivity contribution in [2.75, 3.05) is 26.3 Å². The molecule has 1 heterocycles. The molecule has 1 saturated heterocycles. The molecule has 0 aromatic heterocycles. The molecule has 0 unspecified atom stereocenters. The first-order valence-electron chi connectivity index (χ1n) is 5.13. The second kappa shape index (κ2) is 5.52. The highest BCUT2D eigenvalue weighted by Crippen LogP contribution is 2.06. The molecule has 0 atom stereocenters. The second-order valence-corrected chi connectivity index (χ2v) is 2.73. The van der Waals surface area contributed by atoms with Crippen molar-refractivity contribution in [1.82, 2.24) is 5.32 Å². The molecule has 0 aromatic carbocycles. The van der Waals surface area contributed by atoms with E-state index < -0.39 is 6.56 Å². The summed E-state index contributed by atoms with van der Waals surface area (Å²) in [5.74, 6) is 0. The lowest BCUT2D eigenvalue weighted by molar-refractivity contribution is 0.0256. The summed E-state index contributed by atoms with van der Waals surface area (Å²) in [5, 5.41) is 12.0. The molecule has 1 aliphatic heterocycles. The van der Waals surface area contributed by atoms with Gasteiger partial charge in [0.15, 0.2) is 0 Å². The van der Waals surface area contributed by atoms with E-state index >= 15 is 0 Å². The molecule has 0 bridgehead atoms. The van der Waals surface area contributed by atoms with Gasteiger partial charge in [0, 0.05) is 13.2 Å². The van der Waals surface area contributed by atoms with Gasteiger partial charge in [-0.15, -0.1) is 0 Å². The van der Waals surface area contributed by atoms with Crippen LogP contribution in [0.5, 0.6) is 0 Å². The molecule has 0 spiro atoms. The highest BCUT2D eigenvalue weighted by atomic mass is 16.5. The molecule has 1 fully saturated rings. The van der Waals surface area contributed by atoms with E-state index in [1.807, 2.05) is 0 Å². The SMILES string of the molecule is [2H]C([2H])(O)CCOC1CCNCC1. The highest BCUT2D eigenvalue weighted by molar-refractivity contribution is 4.67. The third kappa shape index (κ3) is 3.70. The summed E-state index contributed by atoms with van der Waals surface area (Å²) in [6.07, 6.45) is 2.25. The number of aliphatic hydroxyl groups is 1. The lowest BCUT2D eigenvalue weighted by atomic mass is 10.1. The number of ether oxygens (including phenoxy) is 1. The Kier molecular flexibility index (Phi) is 3.21. The Labute approximate surface area is 70.6 Å². The van der Waals surface area contributed by atoms with E-state index in [9.17, 15) is 0 Å². The maximum Gasteiger partial charge on any atom is 0.0599 e. The van der Waals surface area contributed by atoms with Crippen molar-refractivity contribution < 1.29 is 12.6 Å². The minimum Gasteiger partial charge on any atom is -0.396 e. The average molecular weight is 161 g/mol. The Morgan fingerprint density at radius 3 is 2.91 bits per heavy atom. The van der Waals surface area contributed by atoms with Crippen molar-refractivity contribution in [3.63, 3.8) is 0 Å². The van der Waals surface area contributed by atoms with Crippen LogP contribution in [-0.4, -0.2) is 37.5 Å². The van der Waals surface area contributed by atoms with Crippen LogP contribution >= 0.6 is 0 Å². The van der Waals surface area contributed by atoms with Gasteiger partial charge < -0.3 is 15.2 Å². The molecule has 0 radical (unpaired) electrons. The van der Waals surface area contributed by atoms with Crippen molar-refractivity contribution in [2.24, 2.45) is 0 Å². The lowest BCUT2D eigenvalue weighted by Gasteiger charge is -2.22. The second-order valence-electron chi connectivity index (χ2n) is 2.73. The van der Waals surface area contributed by atoms with Crippen LogP contribution in [0.4, 0.5) is 0 Å². The van der Waals surface area contributed by atoms with Crippen LogP contribution in [0.2, 0.25) is 0 Å². The van der Waals surface area contributed by atoms with Gasteiger partial charge >= 0.3 is 0 Å². The first-order valence-corrected chi connectivity index (χ1v) is 4.13. The quantitative estimate of drug-likeness (QED) is 0.616. The van der Waals surface area contributed by atoms with E-state index in [4.69, 9.17) is 12.6 Å². The monoisotopic (exact) mass is 161 g/mol. The first kappa shape index (κ1) is 6.40. The Morgan fingerprint density at radius 2 is 2.27 bits per heavy atom. The fraction of sp³-hybridized carbons (Fsp3) is 1.00. The molecule has 0 aliphatic carbocycles. The zero-order chi connectivity index (χ0) is 9.73. The molecule has 66 valence electrons. The Bertz CT molecular complexity index is 144. The molecular weight excluding hydrogens is 142 g/mol. The first-order chi connectivity index (χ1) is 6.08. The molecule has 1 rings (SSSR count). The van der Waals surface area contributed by atoms with Gasteiger partial charge in [-0.05, 0) is 32.4 Å².